The third-order valence-electron chi connectivity index (χ3n) is 2.52. The number of carbonyl (C=O) groups excluding carboxylic acids is 1. The van der Waals surface area contributed by atoms with Crippen molar-refractivity contribution < 1.29 is 27.4 Å². The molecule has 1 rings (SSSR count). The van der Waals surface area contributed by atoms with Crippen LogP contribution < -0.4 is 9.47 Å². The van der Waals surface area contributed by atoms with Crippen LogP contribution in [-0.2, 0) is 0 Å². The summed E-state index contributed by atoms with van der Waals surface area (Å²) in [5, 5.41) is 0. The number of hydrogen-bond acceptors (Lipinski definition) is 3. The lowest BCUT2D eigenvalue weighted by Crippen LogP contribution is -2.22. The lowest BCUT2D eigenvalue weighted by Gasteiger charge is -2.13. The molecule has 0 unspecified atom stereocenters. The van der Waals surface area contributed by atoms with Gasteiger partial charge in [0.05, 0.1) is 13.2 Å². The maximum Gasteiger partial charge on any atom is 0.454 e. The zero-order valence-electron chi connectivity index (χ0n) is 11.4. The van der Waals surface area contributed by atoms with E-state index in [1.807, 2.05) is 6.92 Å². The van der Waals surface area contributed by atoms with Gasteiger partial charge in [-0.15, -0.1) is 0 Å². The van der Waals surface area contributed by atoms with E-state index >= 15 is 0 Å². The van der Waals surface area contributed by atoms with Crippen LogP contribution in [-0.4, -0.2) is 25.2 Å². The van der Waals surface area contributed by atoms with Crippen molar-refractivity contribution in [2.45, 2.75) is 32.9 Å². The van der Waals surface area contributed by atoms with Gasteiger partial charge < -0.3 is 9.47 Å². The molecular formula is C14H17F3O3. The minimum Gasteiger partial charge on any atom is -0.490 e. The van der Waals surface area contributed by atoms with E-state index in [4.69, 9.17) is 9.47 Å². The van der Waals surface area contributed by atoms with Gasteiger partial charge in [0.2, 0.25) is 0 Å². The number of rotatable bonds is 7. The molecule has 0 bridgehead atoms. The van der Waals surface area contributed by atoms with E-state index in [0.29, 0.717) is 12.4 Å². The molecule has 0 spiro atoms. The quantitative estimate of drug-likeness (QED) is 0.562. The maximum atomic E-state index is 12.4. The molecule has 0 fully saturated rings. The summed E-state index contributed by atoms with van der Waals surface area (Å²) in [7, 11) is 0. The standard InChI is InChI=1S/C14H17F3O3/c1-3-5-8-20-11-7-6-10(9-12(11)19-4-2)13(18)14(15,16)17/h6-7,9H,3-5,8H2,1-2H3. The van der Waals surface area contributed by atoms with Gasteiger partial charge in [-0.25, -0.2) is 0 Å². The van der Waals surface area contributed by atoms with Crippen molar-refractivity contribution in [2.24, 2.45) is 0 Å². The fourth-order valence-corrected chi connectivity index (χ4v) is 1.53. The first kappa shape index (κ1) is 16.3. The molecule has 0 amide bonds. The lowest BCUT2D eigenvalue weighted by atomic mass is 10.1. The summed E-state index contributed by atoms with van der Waals surface area (Å²) >= 11 is 0. The zero-order valence-corrected chi connectivity index (χ0v) is 11.4. The maximum absolute atomic E-state index is 12.4. The number of Topliss-reactive ketones (excluding diaryl/α,β-unsaturated/α-hetero) is 1. The van der Waals surface area contributed by atoms with E-state index in [1.54, 1.807) is 6.92 Å². The van der Waals surface area contributed by atoms with Crippen LogP contribution in [0.2, 0.25) is 0 Å². The van der Waals surface area contributed by atoms with Gasteiger partial charge in [0.25, 0.3) is 5.78 Å². The number of unbranched alkanes of at least 4 members (excludes halogenated alkanes) is 1. The predicted octanol–water partition coefficient (Wildman–Crippen LogP) is 4.01. The van der Waals surface area contributed by atoms with Crippen LogP contribution in [0.1, 0.15) is 37.0 Å². The molecule has 0 aliphatic rings. The van der Waals surface area contributed by atoms with E-state index in [1.165, 1.54) is 6.07 Å². The molecule has 0 saturated heterocycles. The van der Waals surface area contributed by atoms with Crippen LogP contribution in [0.5, 0.6) is 11.5 Å². The second kappa shape index (κ2) is 7.17. The smallest absolute Gasteiger partial charge is 0.454 e. The largest absolute Gasteiger partial charge is 0.490 e. The number of ketones is 1. The third kappa shape index (κ3) is 4.43. The van der Waals surface area contributed by atoms with Crippen molar-refractivity contribution in [3.63, 3.8) is 0 Å². The Bertz CT molecular complexity index is 455. The van der Waals surface area contributed by atoms with Crippen molar-refractivity contribution in [3.05, 3.63) is 23.8 Å². The second-order valence-electron chi connectivity index (χ2n) is 4.12. The molecule has 6 heteroatoms. The summed E-state index contributed by atoms with van der Waals surface area (Å²) < 4.78 is 47.8. The highest BCUT2D eigenvalue weighted by Crippen LogP contribution is 2.31. The molecule has 0 heterocycles. The fraction of sp³-hybridized carbons (Fsp3) is 0.500. The molecule has 0 radical (unpaired) electrons. The summed E-state index contributed by atoms with van der Waals surface area (Å²) in [6, 6.07) is 3.50. The second-order valence-corrected chi connectivity index (χ2v) is 4.12. The molecule has 0 aliphatic carbocycles. The molecular weight excluding hydrogens is 273 g/mol. The number of halogens is 3. The Morgan fingerprint density at radius 3 is 2.40 bits per heavy atom. The molecule has 0 N–H and O–H groups in total. The Morgan fingerprint density at radius 1 is 1.15 bits per heavy atom. The van der Waals surface area contributed by atoms with Gasteiger partial charge in [-0.05, 0) is 31.5 Å². The SMILES string of the molecule is CCCCOc1ccc(C(=O)C(F)(F)F)cc1OCC. The van der Waals surface area contributed by atoms with Gasteiger partial charge in [-0.2, -0.15) is 13.2 Å². The molecule has 20 heavy (non-hydrogen) atoms. The molecule has 0 aromatic heterocycles. The minimum absolute atomic E-state index is 0.152. The average Bonchev–Trinajstić information content (AvgIpc) is 2.39. The first-order chi connectivity index (χ1) is 9.40. The number of hydrogen-bond donors (Lipinski definition) is 0. The molecule has 112 valence electrons. The normalized spacial score (nSPS) is 11.2. The van der Waals surface area contributed by atoms with Crippen molar-refractivity contribution in [2.75, 3.05) is 13.2 Å². The first-order valence-electron chi connectivity index (χ1n) is 6.41. The van der Waals surface area contributed by atoms with Crippen molar-refractivity contribution >= 4 is 5.78 Å². The highest BCUT2D eigenvalue weighted by atomic mass is 19.4. The summed E-state index contributed by atoms with van der Waals surface area (Å²) in [6.07, 6.45) is -3.13. The van der Waals surface area contributed by atoms with Gasteiger partial charge >= 0.3 is 6.18 Å². The van der Waals surface area contributed by atoms with Crippen LogP contribution in [0.4, 0.5) is 13.2 Å². The highest BCUT2D eigenvalue weighted by Gasteiger charge is 2.39. The molecule has 0 saturated carbocycles. The van der Waals surface area contributed by atoms with Gasteiger partial charge in [0.15, 0.2) is 11.5 Å². The van der Waals surface area contributed by atoms with Gasteiger partial charge in [-0.1, -0.05) is 13.3 Å². The highest BCUT2D eigenvalue weighted by molar-refractivity contribution is 6.00. The topological polar surface area (TPSA) is 35.5 Å². The van der Waals surface area contributed by atoms with Crippen molar-refractivity contribution in [1.82, 2.24) is 0 Å². The number of alkyl halides is 3. The molecule has 1 aromatic rings. The first-order valence-corrected chi connectivity index (χ1v) is 6.41. The summed E-state index contributed by atoms with van der Waals surface area (Å²) in [5.41, 5.74) is -0.455. The molecule has 1 aromatic carbocycles. The number of carbonyl (C=O) groups is 1. The zero-order chi connectivity index (χ0) is 15.2. The Kier molecular flexibility index (Phi) is 5.85. The van der Waals surface area contributed by atoms with Crippen LogP contribution in [0.15, 0.2) is 18.2 Å². The molecule has 3 nitrogen and oxygen atoms in total. The van der Waals surface area contributed by atoms with Gasteiger partial charge in [-0.3, -0.25) is 4.79 Å². The molecule has 0 aliphatic heterocycles. The lowest BCUT2D eigenvalue weighted by molar-refractivity contribution is -0.0885. The monoisotopic (exact) mass is 290 g/mol. The predicted molar refractivity (Wildman–Crippen MR) is 68.4 cm³/mol. The van der Waals surface area contributed by atoms with E-state index in [9.17, 15) is 18.0 Å². The fourth-order valence-electron chi connectivity index (χ4n) is 1.53. The molecule has 0 atom stereocenters. The van der Waals surface area contributed by atoms with Gasteiger partial charge in [0.1, 0.15) is 0 Å². The Hall–Kier alpha value is -1.72. The van der Waals surface area contributed by atoms with Crippen LogP contribution >= 0.6 is 0 Å². The Morgan fingerprint density at radius 2 is 1.85 bits per heavy atom. The Labute approximate surface area is 115 Å². The number of benzene rings is 1. The summed E-state index contributed by atoms with van der Waals surface area (Å²) in [4.78, 5) is 11.2. The number of ether oxygens (including phenoxy) is 2. The average molecular weight is 290 g/mol. The minimum atomic E-state index is -4.89. The summed E-state index contributed by atoms with van der Waals surface area (Å²) in [5.74, 6) is -1.39. The van der Waals surface area contributed by atoms with E-state index in [-0.39, 0.29) is 12.4 Å². The van der Waals surface area contributed by atoms with Crippen LogP contribution in [0, 0.1) is 0 Å². The van der Waals surface area contributed by atoms with Gasteiger partial charge in [0, 0.05) is 5.56 Å². The van der Waals surface area contributed by atoms with E-state index in [0.717, 1.165) is 25.0 Å². The van der Waals surface area contributed by atoms with Crippen molar-refractivity contribution in [3.8, 4) is 11.5 Å². The van der Waals surface area contributed by atoms with Crippen LogP contribution in [0.3, 0.4) is 0 Å². The van der Waals surface area contributed by atoms with Crippen LogP contribution in [0.25, 0.3) is 0 Å². The van der Waals surface area contributed by atoms with E-state index in [2.05, 4.69) is 0 Å². The van der Waals surface area contributed by atoms with E-state index < -0.39 is 17.5 Å². The third-order valence-corrected chi connectivity index (χ3v) is 2.52. The summed E-state index contributed by atoms with van der Waals surface area (Å²) in [6.45, 7) is 4.42. The Balaban J connectivity index is 2.97. The van der Waals surface area contributed by atoms with Crippen molar-refractivity contribution in [1.29, 1.82) is 0 Å².